The first-order valence-corrected chi connectivity index (χ1v) is 14.1. The van der Waals surface area contributed by atoms with Crippen molar-refractivity contribution in [3.63, 3.8) is 0 Å². The number of carbonyl (C=O) groups is 4. The second kappa shape index (κ2) is 14.4. The highest BCUT2D eigenvalue weighted by Crippen LogP contribution is 2.27. The first-order valence-electron chi connectivity index (χ1n) is 13.2. The zero-order valence-corrected chi connectivity index (χ0v) is 24.2. The minimum atomic E-state index is -0.625. The lowest BCUT2D eigenvalue weighted by atomic mass is 10.1. The van der Waals surface area contributed by atoms with Crippen LogP contribution in [0.4, 0.5) is 17.1 Å². The number of nitrogens with one attached hydrogen (secondary N) is 3. The van der Waals surface area contributed by atoms with Crippen LogP contribution in [-0.2, 0) is 9.59 Å². The minimum Gasteiger partial charge on any atom is -0.366 e. The first kappa shape index (κ1) is 31.2. The van der Waals surface area contributed by atoms with Crippen LogP contribution in [0.1, 0.15) is 33.2 Å². The lowest BCUT2D eigenvalue weighted by molar-refractivity contribution is -0.384. The van der Waals surface area contributed by atoms with E-state index in [1.807, 2.05) is 0 Å². The number of rotatable bonds is 11. The van der Waals surface area contributed by atoms with Gasteiger partial charge in [-0.1, -0.05) is 24.3 Å². The second-order valence-corrected chi connectivity index (χ2v) is 10.8. The fourth-order valence-electron chi connectivity index (χ4n) is 3.87. The van der Waals surface area contributed by atoms with E-state index in [1.165, 1.54) is 54.2 Å². The standard InChI is InChI=1S/C32H27N5O6S/c1-20(30(39)34-24-14-12-22(13-15-24)29(33)38)44-27-9-5-8-25(19-27)35-32(41)28(36-31(40)23-6-3-2-4-7-23)18-21-10-16-26(17-11-21)37(42)43/h2-20H,1H3,(H2,33,38)(H,34,39)(H,35,41)(H,36,40)/b28-18+. The van der Waals surface area contributed by atoms with Gasteiger partial charge < -0.3 is 21.7 Å². The van der Waals surface area contributed by atoms with Crippen molar-refractivity contribution in [1.29, 1.82) is 0 Å². The van der Waals surface area contributed by atoms with E-state index in [0.717, 1.165) is 0 Å². The van der Waals surface area contributed by atoms with Gasteiger partial charge in [0.05, 0.1) is 10.2 Å². The van der Waals surface area contributed by atoms with Crippen LogP contribution in [0.15, 0.2) is 114 Å². The molecular formula is C32H27N5O6S. The van der Waals surface area contributed by atoms with Gasteiger partial charge in [-0.3, -0.25) is 29.3 Å². The molecule has 4 amide bonds. The maximum absolute atomic E-state index is 13.4. The Kier molecular flexibility index (Phi) is 10.2. The molecule has 0 spiro atoms. The molecule has 1 unspecified atom stereocenters. The molecule has 1 atom stereocenters. The van der Waals surface area contributed by atoms with Gasteiger partial charge in [-0.25, -0.2) is 0 Å². The highest BCUT2D eigenvalue weighted by molar-refractivity contribution is 8.00. The Balaban J connectivity index is 1.47. The van der Waals surface area contributed by atoms with Crippen molar-refractivity contribution in [3.05, 3.63) is 136 Å². The lowest BCUT2D eigenvalue weighted by Crippen LogP contribution is -2.30. The summed E-state index contributed by atoms with van der Waals surface area (Å²) in [5.74, 6) is -1.97. The van der Waals surface area contributed by atoms with Gasteiger partial charge in [0, 0.05) is 39.5 Å². The first-order chi connectivity index (χ1) is 21.1. The van der Waals surface area contributed by atoms with E-state index >= 15 is 0 Å². The quantitative estimate of drug-likeness (QED) is 0.0780. The minimum absolute atomic E-state index is 0.0825. The Morgan fingerprint density at radius 3 is 2.14 bits per heavy atom. The van der Waals surface area contributed by atoms with Gasteiger partial charge in [0.1, 0.15) is 5.70 Å². The van der Waals surface area contributed by atoms with Crippen molar-refractivity contribution in [2.75, 3.05) is 10.6 Å². The number of benzene rings is 4. The van der Waals surface area contributed by atoms with E-state index in [0.29, 0.717) is 33.0 Å². The van der Waals surface area contributed by atoms with Crippen molar-refractivity contribution >= 4 is 58.5 Å². The van der Waals surface area contributed by atoms with Gasteiger partial charge in [0.25, 0.3) is 17.5 Å². The maximum Gasteiger partial charge on any atom is 0.272 e. The van der Waals surface area contributed by atoms with Crippen LogP contribution in [0.2, 0.25) is 0 Å². The van der Waals surface area contributed by atoms with Crippen LogP contribution in [0.3, 0.4) is 0 Å². The number of hydrogen-bond acceptors (Lipinski definition) is 7. The van der Waals surface area contributed by atoms with E-state index in [1.54, 1.807) is 73.7 Å². The van der Waals surface area contributed by atoms with Crippen LogP contribution >= 0.6 is 11.8 Å². The monoisotopic (exact) mass is 609 g/mol. The molecule has 222 valence electrons. The predicted octanol–water partition coefficient (Wildman–Crippen LogP) is 5.22. The molecule has 12 heteroatoms. The van der Waals surface area contributed by atoms with Gasteiger partial charge in [0.15, 0.2) is 0 Å². The zero-order valence-electron chi connectivity index (χ0n) is 23.4. The molecule has 0 aliphatic heterocycles. The number of carbonyl (C=O) groups excluding carboxylic acids is 4. The van der Waals surface area contributed by atoms with Crippen molar-refractivity contribution in [3.8, 4) is 0 Å². The average Bonchev–Trinajstić information content (AvgIpc) is 3.01. The SMILES string of the molecule is CC(Sc1cccc(NC(=O)/C(=C\c2ccc([N+](=O)[O-])cc2)NC(=O)c2ccccc2)c1)C(=O)Nc1ccc(C(N)=O)cc1. The molecule has 0 fully saturated rings. The third kappa shape index (κ3) is 8.63. The number of primary amides is 1. The van der Waals surface area contributed by atoms with Gasteiger partial charge >= 0.3 is 0 Å². The van der Waals surface area contributed by atoms with Gasteiger partial charge in [-0.05, 0) is 85.3 Å². The fraction of sp³-hybridized carbons (Fsp3) is 0.0625. The largest absolute Gasteiger partial charge is 0.366 e. The summed E-state index contributed by atoms with van der Waals surface area (Å²) in [7, 11) is 0. The molecule has 4 rings (SSSR count). The Bertz CT molecular complexity index is 1720. The molecule has 0 saturated carbocycles. The summed E-state index contributed by atoms with van der Waals surface area (Å²) in [5, 5.41) is 18.7. The third-order valence-electron chi connectivity index (χ3n) is 6.15. The van der Waals surface area contributed by atoms with Crippen molar-refractivity contribution in [2.45, 2.75) is 17.1 Å². The van der Waals surface area contributed by atoms with E-state index < -0.39 is 27.9 Å². The highest BCUT2D eigenvalue weighted by atomic mass is 32.2. The topological polar surface area (TPSA) is 174 Å². The molecule has 0 bridgehead atoms. The number of nitrogens with zero attached hydrogens (tertiary/aromatic N) is 1. The molecule has 0 aromatic heterocycles. The smallest absolute Gasteiger partial charge is 0.272 e. The van der Waals surface area contributed by atoms with Gasteiger partial charge in [0.2, 0.25) is 11.8 Å². The Morgan fingerprint density at radius 1 is 0.818 bits per heavy atom. The number of non-ortho nitro benzene ring substituents is 1. The molecule has 5 N–H and O–H groups in total. The van der Waals surface area contributed by atoms with E-state index in [9.17, 15) is 29.3 Å². The summed E-state index contributed by atoms with van der Waals surface area (Å²) in [6.07, 6.45) is 1.42. The Hall–Kier alpha value is -5.75. The molecular weight excluding hydrogens is 582 g/mol. The number of nitro groups is 1. The summed E-state index contributed by atoms with van der Waals surface area (Å²) in [6.45, 7) is 1.73. The van der Waals surface area contributed by atoms with Crippen LogP contribution in [0.5, 0.6) is 0 Å². The molecule has 4 aromatic carbocycles. The number of amides is 4. The Labute approximate surface area is 256 Å². The van der Waals surface area contributed by atoms with Crippen LogP contribution in [-0.4, -0.2) is 33.8 Å². The number of nitrogens with two attached hydrogens (primary N) is 1. The number of thioether (sulfide) groups is 1. The average molecular weight is 610 g/mol. The van der Waals surface area contributed by atoms with Crippen LogP contribution < -0.4 is 21.7 Å². The fourth-order valence-corrected chi connectivity index (χ4v) is 4.79. The summed E-state index contributed by atoms with van der Waals surface area (Å²) < 4.78 is 0. The summed E-state index contributed by atoms with van der Waals surface area (Å²) in [5.41, 5.74) is 7.11. The molecule has 0 aliphatic carbocycles. The van der Waals surface area contributed by atoms with Crippen LogP contribution in [0.25, 0.3) is 6.08 Å². The maximum atomic E-state index is 13.4. The third-order valence-corrected chi connectivity index (χ3v) is 7.25. The van der Waals surface area contributed by atoms with Crippen molar-refractivity contribution in [2.24, 2.45) is 5.73 Å². The second-order valence-electron chi connectivity index (χ2n) is 9.40. The zero-order chi connectivity index (χ0) is 31.6. The van der Waals surface area contributed by atoms with Gasteiger partial charge in [-0.15, -0.1) is 11.8 Å². The predicted molar refractivity (Wildman–Crippen MR) is 169 cm³/mol. The summed E-state index contributed by atoms with van der Waals surface area (Å²) in [4.78, 5) is 61.5. The number of hydrogen-bond donors (Lipinski definition) is 4. The van der Waals surface area contributed by atoms with Crippen molar-refractivity contribution < 1.29 is 24.1 Å². The molecule has 0 heterocycles. The lowest BCUT2D eigenvalue weighted by Gasteiger charge is -2.14. The van der Waals surface area contributed by atoms with Crippen LogP contribution in [0, 0.1) is 10.1 Å². The highest BCUT2D eigenvalue weighted by Gasteiger charge is 2.18. The normalized spacial score (nSPS) is 11.6. The molecule has 4 aromatic rings. The molecule has 0 radical (unpaired) electrons. The molecule has 0 saturated heterocycles. The number of nitro benzene ring substituents is 1. The van der Waals surface area contributed by atoms with Gasteiger partial charge in [-0.2, -0.15) is 0 Å². The Morgan fingerprint density at radius 2 is 1.50 bits per heavy atom. The summed E-state index contributed by atoms with van der Waals surface area (Å²) >= 11 is 1.27. The molecule has 0 aliphatic rings. The molecule has 11 nitrogen and oxygen atoms in total. The van der Waals surface area contributed by atoms with E-state index in [2.05, 4.69) is 16.0 Å². The van der Waals surface area contributed by atoms with E-state index in [-0.39, 0.29) is 17.3 Å². The summed E-state index contributed by atoms with van der Waals surface area (Å²) in [6, 6.07) is 27.0. The number of anilines is 2. The van der Waals surface area contributed by atoms with E-state index in [4.69, 9.17) is 5.73 Å². The molecule has 44 heavy (non-hydrogen) atoms. The van der Waals surface area contributed by atoms with Crippen molar-refractivity contribution in [1.82, 2.24) is 5.32 Å².